The number of carbonyl (C=O) groups excluding carboxylic acids is 1. The van der Waals surface area contributed by atoms with E-state index < -0.39 is 0 Å². The van der Waals surface area contributed by atoms with Crippen molar-refractivity contribution in [1.29, 1.82) is 0 Å². The summed E-state index contributed by atoms with van der Waals surface area (Å²) in [4.78, 5) is 16.9. The van der Waals surface area contributed by atoms with Crippen molar-refractivity contribution >= 4 is 44.9 Å². The minimum atomic E-state index is -0.121. The van der Waals surface area contributed by atoms with Crippen LogP contribution in [0.1, 0.15) is 42.5 Å². The average molecular weight is 374 g/mol. The summed E-state index contributed by atoms with van der Waals surface area (Å²) in [5, 5.41) is 6.99. The maximum Gasteiger partial charge on any atom is 0.259 e. The Balaban J connectivity index is 1.67. The highest BCUT2D eigenvalue weighted by molar-refractivity contribution is 7.13. The second-order valence-corrected chi connectivity index (χ2v) is 7.98. The SMILES string of the molecule is O=C(Nc1nccs1)c1cn(CC2CCCCC2)c2cc(Cl)ccc12. The molecule has 0 atom stereocenters. The van der Waals surface area contributed by atoms with E-state index in [0.717, 1.165) is 17.4 Å². The fourth-order valence-electron chi connectivity index (χ4n) is 3.69. The zero-order chi connectivity index (χ0) is 17.2. The van der Waals surface area contributed by atoms with Crippen molar-refractivity contribution in [2.75, 3.05) is 5.32 Å². The fourth-order valence-corrected chi connectivity index (χ4v) is 4.38. The largest absolute Gasteiger partial charge is 0.346 e. The van der Waals surface area contributed by atoms with E-state index in [1.807, 2.05) is 29.8 Å². The molecule has 2 heterocycles. The summed E-state index contributed by atoms with van der Waals surface area (Å²) in [5.74, 6) is 0.558. The number of hydrogen-bond donors (Lipinski definition) is 1. The van der Waals surface area contributed by atoms with Crippen LogP contribution in [0.2, 0.25) is 5.02 Å². The van der Waals surface area contributed by atoms with Crippen molar-refractivity contribution in [3.8, 4) is 0 Å². The van der Waals surface area contributed by atoms with Crippen molar-refractivity contribution in [3.63, 3.8) is 0 Å². The molecule has 6 heteroatoms. The lowest BCUT2D eigenvalue weighted by atomic mass is 9.89. The molecule has 0 aliphatic heterocycles. The summed E-state index contributed by atoms with van der Waals surface area (Å²) in [6.07, 6.45) is 10.1. The van der Waals surface area contributed by atoms with E-state index in [4.69, 9.17) is 11.6 Å². The lowest BCUT2D eigenvalue weighted by Crippen LogP contribution is -2.14. The smallest absolute Gasteiger partial charge is 0.259 e. The van der Waals surface area contributed by atoms with Gasteiger partial charge in [0.2, 0.25) is 0 Å². The van der Waals surface area contributed by atoms with Crippen molar-refractivity contribution in [3.05, 3.63) is 46.6 Å². The Morgan fingerprint density at radius 1 is 1.32 bits per heavy atom. The first-order valence-electron chi connectivity index (χ1n) is 8.70. The Kier molecular flexibility index (Phi) is 4.77. The summed E-state index contributed by atoms with van der Waals surface area (Å²) in [6, 6.07) is 5.74. The molecule has 1 aromatic carbocycles. The third-order valence-corrected chi connectivity index (χ3v) is 5.84. The number of anilines is 1. The van der Waals surface area contributed by atoms with Gasteiger partial charge in [-0.15, -0.1) is 11.3 Å². The number of benzene rings is 1. The molecule has 2 aromatic heterocycles. The van der Waals surface area contributed by atoms with E-state index in [2.05, 4.69) is 14.9 Å². The Morgan fingerprint density at radius 3 is 2.92 bits per heavy atom. The van der Waals surface area contributed by atoms with Crippen LogP contribution in [0.5, 0.6) is 0 Å². The van der Waals surface area contributed by atoms with E-state index in [1.165, 1.54) is 43.4 Å². The van der Waals surface area contributed by atoms with E-state index in [9.17, 15) is 4.79 Å². The average Bonchev–Trinajstić information content (AvgIpc) is 3.24. The van der Waals surface area contributed by atoms with Gasteiger partial charge in [-0.1, -0.05) is 36.9 Å². The molecular formula is C19H20ClN3OS. The molecule has 25 heavy (non-hydrogen) atoms. The van der Waals surface area contributed by atoms with Gasteiger partial charge >= 0.3 is 0 Å². The normalized spacial score (nSPS) is 15.6. The van der Waals surface area contributed by atoms with Gasteiger partial charge in [0.15, 0.2) is 5.13 Å². The van der Waals surface area contributed by atoms with Crippen LogP contribution in [0.25, 0.3) is 10.9 Å². The number of hydrogen-bond acceptors (Lipinski definition) is 3. The molecule has 3 aromatic rings. The van der Waals surface area contributed by atoms with Crippen LogP contribution in [0.4, 0.5) is 5.13 Å². The molecule has 1 fully saturated rings. The Hall–Kier alpha value is -1.85. The standard InChI is InChI=1S/C19H20ClN3OS/c20-14-6-7-15-16(18(24)22-19-21-8-9-25-19)12-23(17(15)10-14)11-13-4-2-1-3-5-13/h6-10,12-13H,1-5,11H2,(H,21,22,24). The van der Waals surface area contributed by atoms with Crippen LogP contribution < -0.4 is 5.32 Å². The predicted molar refractivity (Wildman–Crippen MR) is 104 cm³/mol. The third kappa shape index (κ3) is 3.58. The Morgan fingerprint density at radius 2 is 2.16 bits per heavy atom. The van der Waals surface area contributed by atoms with Crippen LogP contribution >= 0.6 is 22.9 Å². The summed E-state index contributed by atoms with van der Waals surface area (Å²) in [6.45, 7) is 0.946. The van der Waals surface area contributed by atoms with Gasteiger partial charge in [0, 0.05) is 34.7 Å². The van der Waals surface area contributed by atoms with E-state index in [0.29, 0.717) is 21.6 Å². The first kappa shape index (κ1) is 16.6. The quantitative estimate of drug-likeness (QED) is 0.648. The van der Waals surface area contributed by atoms with E-state index in [1.54, 1.807) is 6.20 Å². The summed E-state index contributed by atoms with van der Waals surface area (Å²) >= 11 is 7.63. The van der Waals surface area contributed by atoms with Gasteiger partial charge < -0.3 is 4.57 Å². The minimum Gasteiger partial charge on any atom is -0.346 e. The second kappa shape index (κ2) is 7.18. The molecular weight excluding hydrogens is 354 g/mol. The van der Waals surface area contributed by atoms with Crippen LogP contribution in [-0.2, 0) is 6.54 Å². The van der Waals surface area contributed by atoms with Crippen molar-refractivity contribution in [2.45, 2.75) is 38.6 Å². The van der Waals surface area contributed by atoms with E-state index in [-0.39, 0.29) is 5.91 Å². The van der Waals surface area contributed by atoms with Gasteiger partial charge in [-0.25, -0.2) is 4.98 Å². The molecule has 130 valence electrons. The monoisotopic (exact) mass is 373 g/mol. The number of nitrogens with one attached hydrogen (secondary N) is 1. The van der Waals surface area contributed by atoms with Crippen LogP contribution in [0, 0.1) is 5.92 Å². The van der Waals surface area contributed by atoms with Gasteiger partial charge in [0.05, 0.1) is 11.1 Å². The summed E-state index contributed by atoms with van der Waals surface area (Å²) < 4.78 is 2.20. The lowest BCUT2D eigenvalue weighted by Gasteiger charge is -2.22. The summed E-state index contributed by atoms with van der Waals surface area (Å²) in [5.41, 5.74) is 1.71. The van der Waals surface area contributed by atoms with Crippen molar-refractivity contribution in [1.82, 2.24) is 9.55 Å². The maximum absolute atomic E-state index is 12.7. The number of carbonyl (C=O) groups is 1. The molecule has 4 rings (SSSR count). The number of halogens is 1. The molecule has 0 unspecified atom stereocenters. The van der Waals surface area contributed by atoms with Gasteiger partial charge in [-0.05, 0) is 30.9 Å². The van der Waals surface area contributed by atoms with Gasteiger partial charge in [0.1, 0.15) is 0 Å². The number of fused-ring (bicyclic) bond motifs is 1. The highest BCUT2D eigenvalue weighted by Crippen LogP contribution is 2.30. The Labute approximate surface area is 155 Å². The predicted octanol–water partition coefficient (Wildman–Crippen LogP) is 5.58. The number of nitrogens with zero attached hydrogens (tertiary/aromatic N) is 2. The maximum atomic E-state index is 12.7. The first-order chi connectivity index (χ1) is 12.2. The highest BCUT2D eigenvalue weighted by atomic mass is 35.5. The molecule has 1 aliphatic carbocycles. The highest BCUT2D eigenvalue weighted by Gasteiger charge is 2.19. The first-order valence-corrected chi connectivity index (χ1v) is 9.96. The zero-order valence-corrected chi connectivity index (χ0v) is 15.4. The molecule has 0 saturated heterocycles. The molecule has 1 aliphatic rings. The van der Waals surface area contributed by atoms with Gasteiger partial charge in [-0.3, -0.25) is 10.1 Å². The number of aromatic nitrogens is 2. The zero-order valence-electron chi connectivity index (χ0n) is 13.9. The topological polar surface area (TPSA) is 46.9 Å². The van der Waals surface area contributed by atoms with E-state index >= 15 is 0 Å². The Bertz CT molecular complexity index is 882. The number of thiazole rings is 1. The molecule has 0 spiro atoms. The molecule has 1 amide bonds. The lowest BCUT2D eigenvalue weighted by molar-refractivity contribution is 0.102. The molecule has 4 nitrogen and oxygen atoms in total. The van der Waals surface area contributed by atoms with Crippen LogP contribution in [0.3, 0.4) is 0 Å². The minimum absolute atomic E-state index is 0.121. The fraction of sp³-hybridized carbons (Fsp3) is 0.368. The van der Waals surface area contributed by atoms with Crippen molar-refractivity contribution < 1.29 is 4.79 Å². The van der Waals surface area contributed by atoms with Gasteiger partial charge in [0.25, 0.3) is 5.91 Å². The molecule has 1 saturated carbocycles. The number of amides is 1. The van der Waals surface area contributed by atoms with Crippen LogP contribution in [0.15, 0.2) is 36.0 Å². The number of rotatable bonds is 4. The second-order valence-electron chi connectivity index (χ2n) is 6.65. The molecule has 1 N–H and O–H groups in total. The molecule has 0 bridgehead atoms. The third-order valence-electron chi connectivity index (χ3n) is 4.92. The van der Waals surface area contributed by atoms with Crippen LogP contribution in [-0.4, -0.2) is 15.5 Å². The molecule has 0 radical (unpaired) electrons. The van der Waals surface area contributed by atoms with Crippen molar-refractivity contribution in [2.24, 2.45) is 5.92 Å². The summed E-state index contributed by atoms with van der Waals surface area (Å²) in [7, 11) is 0. The van der Waals surface area contributed by atoms with Gasteiger partial charge in [-0.2, -0.15) is 0 Å².